The molecule has 0 radical (unpaired) electrons. The third-order valence-electron chi connectivity index (χ3n) is 3.05. The summed E-state index contributed by atoms with van der Waals surface area (Å²) in [6.07, 6.45) is 3.53. The van der Waals surface area contributed by atoms with Crippen LogP contribution in [0.2, 0.25) is 0 Å². The molecule has 0 spiro atoms. The molecule has 1 saturated heterocycles. The third-order valence-corrected chi connectivity index (χ3v) is 3.48. The summed E-state index contributed by atoms with van der Waals surface area (Å²) in [6.45, 7) is 3.93. The second-order valence-electron chi connectivity index (χ2n) is 4.30. The monoisotopic (exact) mass is 285 g/mol. The first-order valence-electron chi connectivity index (χ1n) is 5.75. The van der Waals surface area contributed by atoms with Gasteiger partial charge < -0.3 is 9.32 Å². The lowest BCUT2D eigenvalue weighted by atomic mass is 10.0. The van der Waals surface area contributed by atoms with Crippen LogP contribution < -0.4 is 0 Å². The Balaban J connectivity index is 1.97. The summed E-state index contributed by atoms with van der Waals surface area (Å²) in [4.78, 5) is 13.9. The van der Waals surface area contributed by atoms with E-state index in [9.17, 15) is 4.79 Å². The van der Waals surface area contributed by atoms with E-state index < -0.39 is 0 Å². The Labute approximate surface area is 104 Å². The average Bonchev–Trinajstić information content (AvgIpc) is 2.87. The summed E-state index contributed by atoms with van der Waals surface area (Å²) in [5.41, 5.74) is 0. The van der Waals surface area contributed by atoms with E-state index in [1.54, 1.807) is 12.1 Å². The van der Waals surface area contributed by atoms with Crippen LogP contribution in [0.3, 0.4) is 0 Å². The van der Waals surface area contributed by atoms with Crippen LogP contribution in [0, 0.1) is 5.92 Å². The maximum atomic E-state index is 12.0. The van der Waals surface area contributed by atoms with E-state index in [-0.39, 0.29) is 5.91 Å². The van der Waals surface area contributed by atoms with Crippen LogP contribution in [0.25, 0.3) is 0 Å². The lowest BCUT2D eigenvalue weighted by Crippen LogP contribution is -2.28. The summed E-state index contributed by atoms with van der Waals surface area (Å²) in [6, 6.07) is 3.48. The first-order chi connectivity index (χ1) is 7.70. The molecule has 2 heterocycles. The highest BCUT2D eigenvalue weighted by atomic mass is 79.9. The fraction of sp³-hybridized carbons (Fsp3) is 0.583. The number of likely N-dealkylation sites (tertiary alicyclic amines) is 1. The van der Waals surface area contributed by atoms with Gasteiger partial charge >= 0.3 is 0 Å². The number of amides is 1. The smallest absolute Gasteiger partial charge is 0.289 e. The minimum atomic E-state index is 0.0179. The van der Waals surface area contributed by atoms with Crippen molar-refractivity contribution in [1.82, 2.24) is 4.90 Å². The summed E-state index contributed by atoms with van der Waals surface area (Å²) in [5, 5.41) is 0. The van der Waals surface area contributed by atoms with Gasteiger partial charge in [0.25, 0.3) is 5.91 Å². The van der Waals surface area contributed by atoms with Gasteiger partial charge in [-0.15, -0.1) is 0 Å². The summed E-state index contributed by atoms with van der Waals surface area (Å²) >= 11 is 3.21. The molecular weight excluding hydrogens is 270 g/mol. The number of hydrogen-bond acceptors (Lipinski definition) is 2. The topological polar surface area (TPSA) is 33.5 Å². The van der Waals surface area contributed by atoms with Crippen LogP contribution in [-0.2, 0) is 0 Å². The predicted octanol–water partition coefficient (Wildman–Crippen LogP) is 3.30. The molecule has 1 unspecified atom stereocenters. The van der Waals surface area contributed by atoms with Crippen molar-refractivity contribution in [3.8, 4) is 0 Å². The molecule has 1 amide bonds. The number of halogens is 1. The molecule has 0 aliphatic carbocycles. The maximum absolute atomic E-state index is 12.0. The van der Waals surface area contributed by atoms with E-state index in [0.29, 0.717) is 16.3 Å². The van der Waals surface area contributed by atoms with Crippen molar-refractivity contribution in [1.29, 1.82) is 0 Å². The summed E-state index contributed by atoms with van der Waals surface area (Å²) in [7, 11) is 0. The van der Waals surface area contributed by atoms with E-state index in [1.165, 1.54) is 12.8 Å². The maximum Gasteiger partial charge on any atom is 0.289 e. The molecule has 3 nitrogen and oxygen atoms in total. The molecule has 4 heteroatoms. The molecule has 0 aromatic carbocycles. The van der Waals surface area contributed by atoms with Gasteiger partial charge in [-0.3, -0.25) is 4.79 Å². The van der Waals surface area contributed by atoms with Crippen molar-refractivity contribution in [3.05, 3.63) is 22.6 Å². The zero-order valence-corrected chi connectivity index (χ0v) is 11.0. The van der Waals surface area contributed by atoms with Crippen molar-refractivity contribution in [2.24, 2.45) is 5.92 Å². The fourth-order valence-corrected chi connectivity index (χ4v) is 2.55. The zero-order chi connectivity index (χ0) is 11.5. The molecule has 16 heavy (non-hydrogen) atoms. The highest BCUT2D eigenvalue weighted by Gasteiger charge is 2.27. The van der Waals surface area contributed by atoms with Crippen molar-refractivity contribution >= 4 is 21.8 Å². The normalized spacial score (nSPS) is 20.4. The van der Waals surface area contributed by atoms with E-state index >= 15 is 0 Å². The zero-order valence-electron chi connectivity index (χ0n) is 9.41. The Morgan fingerprint density at radius 2 is 2.44 bits per heavy atom. The van der Waals surface area contributed by atoms with E-state index in [2.05, 4.69) is 22.9 Å². The predicted molar refractivity (Wildman–Crippen MR) is 65.3 cm³/mol. The van der Waals surface area contributed by atoms with Crippen LogP contribution >= 0.6 is 15.9 Å². The van der Waals surface area contributed by atoms with E-state index in [1.807, 2.05) is 4.90 Å². The van der Waals surface area contributed by atoms with Gasteiger partial charge in [-0.05, 0) is 46.8 Å². The van der Waals surface area contributed by atoms with Crippen LogP contribution in [0.1, 0.15) is 36.7 Å². The Kier molecular flexibility index (Phi) is 3.69. The highest BCUT2D eigenvalue weighted by molar-refractivity contribution is 9.10. The van der Waals surface area contributed by atoms with Gasteiger partial charge in [-0.2, -0.15) is 0 Å². The van der Waals surface area contributed by atoms with Gasteiger partial charge in [-0.1, -0.05) is 13.3 Å². The molecule has 2 rings (SSSR count). The Morgan fingerprint density at radius 1 is 1.62 bits per heavy atom. The molecule has 1 fully saturated rings. The van der Waals surface area contributed by atoms with E-state index in [4.69, 9.17) is 4.42 Å². The second kappa shape index (κ2) is 5.04. The highest BCUT2D eigenvalue weighted by Crippen LogP contribution is 2.23. The molecule has 1 aromatic heterocycles. The van der Waals surface area contributed by atoms with Crippen LogP contribution in [-0.4, -0.2) is 23.9 Å². The fourth-order valence-electron chi connectivity index (χ4n) is 2.25. The molecule has 88 valence electrons. The largest absolute Gasteiger partial charge is 0.444 e. The molecule has 0 bridgehead atoms. The van der Waals surface area contributed by atoms with Gasteiger partial charge in [0.2, 0.25) is 0 Å². The standard InChI is InChI=1S/C12H16BrNO2/c1-2-3-9-6-7-14(8-9)12(15)10-4-5-11(13)16-10/h4-5,9H,2-3,6-8H2,1H3. The third kappa shape index (κ3) is 2.48. The van der Waals surface area contributed by atoms with E-state index in [0.717, 1.165) is 19.5 Å². The Morgan fingerprint density at radius 3 is 3.06 bits per heavy atom. The first kappa shape index (κ1) is 11.7. The quantitative estimate of drug-likeness (QED) is 0.854. The van der Waals surface area contributed by atoms with Gasteiger partial charge in [0.05, 0.1) is 0 Å². The first-order valence-corrected chi connectivity index (χ1v) is 6.54. The SMILES string of the molecule is CCCC1CCN(C(=O)c2ccc(Br)o2)C1. The molecule has 1 aromatic rings. The van der Waals surface area contributed by atoms with Gasteiger partial charge in [0.1, 0.15) is 0 Å². The molecular formula is C12H16BrNO2. The second-order valence-corrected chi connectivity index (χ2v) is 5.08. The number of carbonyl (C=O) groups is 1. The van der Waals surface area contributed by atoms with Gasteiger partial charge in [0.15, 0.2) is 10.4 Å². The van der Waals surface area contributed by atoms with Crippen molar-refractivity contribution < 1.29 is 9.21 Å². The number of hydrogen-bond donors (Lipinski definition) is 0. The van der Waals surface area contributed by atoms with Crippen molar-refractivity contribution in [2.45, 2.75) is 26.2 Å². The van der Waals surface area contributed by atoms with Gasteiger partial charge in [-0.25, -0.2) is 0 Å². The number of carbonyl (C=O) groups excluding carboxylic acids is 1. The Bertz CT molecular complexity index is 375. The molecule has 0 N–H and O–H groups in total. The lowest BCUT2D eigenvalue weighted by Gasteiger charge is -2.14. The van der Waals surface area contributed by atoms with Crippen LogP contribution in [0.15, 0.2) is 21.2 Å². The molecule has 0 saturated carbocycles. The molecule has 1 aliphatic rings. The van der Waals surface area contributed by atoms with Crippen molar-refractivity contribution in [2.75, 3.05) is 13.1 Å². The average molecular weight is 286 g/mol. The van der Waals surface area contributed by atoms with Crippen LogP contribution in [0.4, 0.5) is 0 Å². The molecule has 1 aliphatic heterocycles. The van der Waals surface area contributed by atoms with Gasteiger partial charge in [0, 0.05) is 13.1 Å². The van der Waals surface area contributed by atoms with Crippen LogP contribution in [0.5, 0.6) is 0 Å². The Hall–Kier alpha value is -0.770. The minimum absolute atomic E-state index is 0.0179. The molecule has 1 atom stereocenters. The summed E-state index contributed by atoms with van der Waals surface area (Å²) < 4.78 is 5.89. The lowest BCUT2D eigenvalue weighted by molar-refractivity contribution is 0.0753. The van der Waals surface area contributed by atoms with Crippen molar-refractivity contribution in [3.63, 3.8) is 0 Å². The number of rotatable bonds is 3. The summed E-state index contributed by atoms with van der Waals surface area (Å²) in [5.74, 6) is 1.13. The number of nitrogens with zero attached hydrogens (tertiary/aromatic N) is 1. The number of furan rings is 1. The minimum Gasteiger partial charge on any atom is -0.444 e.